The topological polar surface area (TPSA) is 103 Å². The lowest BCUT2D eigenvalue weighted by Gasteiger charge is -2.33. The lowest BCUT2D eigenvalue weighted by atomic mass is 10.1. The Labute approximate surface area is 182 Å². The van der Waals surface area contributed by atoms with E-state index in [1.165, 1.54) is 12.3 Å². The molecule has 32 heavy (non-hydrogen) atoms. The second kappa shape index (κ2) is 7.34. The summed E-state index contributed by atoms with van der Waals surface area (Å²) in [4.78, 5) is 25.8. The number of rotatable bonds is 3. The number of halogens is 1. The second-order valence-corrected chi connectivity index (χ2v) is 7.99. The summed E-state index contributed by atoms with van der Waals surface area (Å²) in [7, 11) is 2.13. The molecule has 1 aliphatic rings. The van der Waals surface area contributed by atoms with Gasteiger partial charge < -0.3 is 14.8 Å². The Morgan fingerprint density at radius 3 is 2.72 bits per heavy atom. The average molecular weight is 429 g/mol. The summed E-state index contributed by atoms with van der Waals surface area (Å²) >= 11 is 0. The van der Waals surface area contributed by atoms with Crippen LogP contribution < -0.4 is 4.90 Å². The number of aromatic amines is 2. The van der Waals surface area contributed by atoms with Crippen LogP contribution in [0, 0.1) is 5.82 Å². The monoisotopic (exact) mass is 429 g/mol. The van der Waals surface area contributed by atoms with Gasteiger partial charge in [0.25, 0.3) is 0 Å². The van der Waals surface area contributed by atoms with Crippen molar-refractivity contribution in [2.24, 2.45) is 0 Å². The maximum atomic E-state index is 13.6. The number of piperazine rings is 1. The number of H-pyrrole nitrogens is 2. The average Bonchev–Trinajstić information content (AvgIpc) is 3.43. The molecule has 0 aromatic carbocycles. The zero-order chi connectivity index (χ0) is 21.7. The molecule has 0 unspecified atom stereocenters. The number of anilines is 1. The van der Waals surface area contributed by atoms with Crippen molar-refractivity contribution in [1.82, 2.24) is 40.0 Å². The molecular formula is C22H20FN9. The first-order chi connectivity index (χ1) is 15.7. The normalized spacial score (nSPS) is 15.1. The summed E-state index contributed by atoms with van der Waals surface area (Å²) in [5.41, 5.74) is 4.39. The van der Waals surface area contributed by atoms with Gasteiger partial charge in [-0.2, -0.15) is 5.10 Å². The number of fused-ring (bicyclic) bond motifs is 2. The quantitative estimate of drug-likeness (QED) is 0.455. The third-order valence-corrected chi connectivity index (χ3v) is 5.86. The van der Waals surface area contributed by atoms with Crippen molar-refractivity contribution in [3.05, 3.63) is 48.8 Å². The van der Waals surface area contributed by atoms with Crippen LogP contribution in [0.1, 0.15) is 0 Å². The van der Waals surface area contributed by atoms with Gasteiger partial charge in [0.2, 0.25) is 0 Å². The number of hydrogen-bond acceptors (Lipinski definition) is 7. The van der Waals surface area contributed by atoms with Gasteiger partial charge in [-0.25, -0.2) is 14.4 Å². The third-order valence-electron chi connectivity index (χ3n) is 5.86. The zero-order valence-corrected chi connectivity index (χ0v) is 17.4. The molecule has 10 heteroatoms. The minimum Gasteiger partial charge on any atom is -0.352 e. The Morgan fingerprint density at radius 1 is 1.00 bits per heavy atom. The molecule has 160 valence electrons. The van der Waals surface area contributed by atoms with Crippen molar-refractivity contribution in [3.8, 4) is 22.8 Å². The van der Waals surface area contributed by atoms with E-state index < -0.39 is 5.82 Å². The van der Waals surface area contributed by atoms with Gasteiger partial charge in [-0.1, -0.05) is 0 Å². The van der Waals surface area contributed by atoms with E-state index in [1.54, 1.807) is 18.6 Å². The van der Waals surface area contributed by atoms with E-state index in [1.807, 2.05) is 12.1 Å². The van der Waals surface area contributed by atoms with Crippen molar-refractivity contribution in [3.63, 3.8) is 0 Å². The highest BCUT2D eigenvalue weighted by Gasteiger charge is 2.21. The fourth-order valence-corrected chi connectivity index (χ4v) is 4.09. The van der Waals surface area contributed by atoms with E-state index in [0.717, 1.165) is 53.9 Å². The van der Waals surface area contributed by atoms with Crippen LogP contribution in [-0.2, 0) is 0 Å². The molecule has 9 nitrogen and oxygen atoms in total. The molecule has 6 rings (SSSR count). The maximum absolute atomic E-state index is 13.6. The highest BCUT2D eigenvalue weighted by Crippen LogP contribution is 2.31. The molecule has 0 bridgehead atoms. The molecule has 2 N–H and O–H groups in total. The number of aromatic nitrogens is 7. The van der Waals surface area contributed by atoms with Crippen molar-refractivity contribution in [2.75, 3.05) is 38.1 Å². The van der Waals surface area contributed by atoms with Crippen LogP contribution >= 0.6 is 0 Å². The van der Waals surface area contributed by atoms with E-state index in [4.69, 9.17) is 4.98 Å². The highest BCUT2D eigenvalue weighted by molar-refractivity contribution is 5.96. The minimum atomic E-state index is -0.405. The first-order valence-corrected chi connectivity index (χ1v) is 10.4. The molecule has 0 aliphatic carbocycles. The van der Waals surface area contributed by atoms with Crippen LogP contribution in [0.5, 0.6) is 0 Å². The Morgan fingerprint density at radius 2 is 1.88 bits per heavy atom. The number of likely N-dealkylation sites (N-methyl/N-ethyl adjacent to an activating group) is 1. The summed E-state index contributed by atoms with van der Waals surface area (Å²) in [6.45, 7) is 3.80. The van der Waals surface area contributed by atoms with Crippen molar-refractivity contribution >= 4 is 27.8 Å². The summed E-state index contributed by atoms with van der Waals surface area (Å²) in [6.07, 6.45) is 6.25. The van der Waals surface area contributed by atoms with E-state index in [2.05, 4.69) is 47.0 Å². The predicted octanol–water partition coefficient (Wildman–Crippen LogP) is 2.85. The molecule has 5 aromatic rings. The highest BCUT2D eigenvalue weighted by atomic mass is 19.1. The van der Waals surface area contributed by atoms with E-state index in [-0.39, 0.29) is 0 Å². The summed E-state index contributed by atoms with van der Waals surface area (Å²) < 4.78 is 13.6. The number of nitrogens with one attached hydrogen (secondary N) is 2. The number of nitrogens with zero attached hydrogens (tertiary/aromatic N) is 7. The van der Waals surface area contributed by atoms with Gasteiger partial charge >= 0.3 is 0 Å². The molecule has 1 saturated heterocycles. The predicted molar refractivity (Wildman–Crippen MR) is 120 cm³/mol. The molecule has 0 atom stereocenters. The number of imidazole rings is 1. The molecule has 6 heterocycles. The van der Waals surface area contributed by atoms with Crippen LogP contribution in [0.2, 0.25) is 0 Å². The van der Waals surface area contributed by atoms with Crippen LogP contribution in [-0.4, -0.2) is 73.2 Å². The van der Waals surface area contributed by atoms with Gasteiger partial charge in [0.05, 0.1) is 29.1 Å². The van der Waals surface area contributed by atoms with Crippen LogP contribution in [0.4, 0.5) is 10.2 Å². The maximum Gasteiger partial charge on any atom is 0.159 e. The Balaban J connectivity index is 1.44. The van der Waals surface area contributed by atoms with Crippen LogP contribution in [0.3, 0.4) is 0 Å². The van der Waals surface area contributed by atoms with Crippen molar-refractivity contribution < 1.29 is 4.39 Å². The van der Waals surface area contributed by atoms with Crippen molar-refractivity contribution in [2.45, 2.75) is 0 Å². The SMILES string of the molecule is CN1CCN(c2nccc3[nH]c(-c4n[nH]c5cnc(-c6cncc(F)c6)cc45)nc23)CC1. The molecule has 1 aliphatic heterocycles. The molecular weight excluding hydrogens is 409 g/mol. The lowest BCUT2D eigenvalue weighted by molar-refractivity contribution is 0.312. The van der Waals surface area contributed by atoms with Crippen LogP contribution in [0.25, 0.3) is 44.7 Å². The summed E-state index contributed by atoms with van der Waals surface area (Å²) in [5, 5.41) is 8.33. The van der Waals surface area contributed by atoms with Gasteiger partial charge in [-0.3, -0.25) is 15.1 Å². The lowest BCUT2D eigenvalue weighted by Crippen LogP contribution is -2.44. The fourth-order valence-electron chi connectivity index (χ4n) is 4.09. The standard InChI is InChI=1S/C22H20FN9/c1-31-4-6-32(7-5-31)22-20-16(2-3-25-22)27-21(28-20)19-15-9-17(26-12-18(15)29-30-19)13-8-14(23)11-24-10-13/h2-3,8-12H,4-7H2,1H3,(H,27,28)(H,29,30). The van der Waals surface area contributed by atoms with E-state index >= 15 is 0 Å². The van der Waals surface area contributed by atoms with Gasteiger partial charge in [0, 0.05) is 49.5 Å². The molecule has 0 saturated carbocycles. The third kappa shape index (κ3) is 3.16. The molecule has 1 fully saturated rings. The Kier molecular flexibility index (Phi) is 4.32. The van der Waals surface area contributed by atoms with Gasteiger partial charge in [0.15, 0.2) is 11.6 Å². The Bertz CT molecular complexity index is 1430. The second-order valence-electron chi connectivity index (χ2n) is 7.99. The molecule has 0 radical (unpaired) electrons. The number of hydrogen-bond donors (Lipinski definition) is 2. The molecule has 5 aromatic heterocycles. The zero-order valence-electron chi connectivity index (χ0n) is 17.4. The Hall–Kier alpha value is -3.92. The molecule has 0 amide bonds. The number of pyridine rings is 3. The minimum absolute atomic E-state index is 0.405. The van der Waals surface area contributed by atoms with Gasteiger partial charge in [0.1, 0.15) is 17.0 Å². The van der Waals surface area contributed by atoms with Crippen LogP contribution in [0.15, 0.2) is 43.0 Å². The fraction of sp³-hybridized carbons (Fsp3) is 0.227. The van der Waals surface area contributed by atoms with E-state index in [0.29, 0.717) is 22.8 Å². The molecule has 0 spiro atoms. The summed E-state index contributed by atoms with van der Waals surface area (Å²) in [5.74, 6) is 1.12. The van der Waals surface area contributed by atoms with Gasteiger partial charge in [-0.05, 0) is 25.2 Å². The van der Waals surface area contributed by atoms with Gasteiger partial charge in [-0.15, -0.1) is 0 Å². The van der Waals surface area contributed by atoms with Crippen molar-refractivity contribution in [1.29, 1.82) is 0 Å². The first kappa shape index (κ1) is 18.8. The smallest absolute Gasteiger partial charge is 0.159 e. The van der Waals surface area contributed by atoms with E-state index in [9.17, 15) is 4.39 Å². The largest absolute Gasteiger partial charge is 0.352 e. The summed E-state index contributed by atoms with van der Waals surface area (Å²) in [6, 6.07) is 5.21. The first-order valence-electron chi connectivity index (χ1n) is 10.4.